The summed E-state index contributed by atoms with van der Waals surface area (Å²) >= 11 is 0. The second kappa shape index (κ2) is 17.9. The minimum Gasteiger partial charge on any atom is -0.480 e. The summed E-state index contributed by atoms with van der Waals surface area (Å²) < 4.78 is 0. The van der Waals surface area contributed by atoms with Gasteiger partial charge in [0.2, 0.25) is 35.4 Å². The number of hydrogen-bond acceptors (Lipinski definition) is 9. The number of carbonyl (C=O) groups excluding carboxylic acids is 6. The molecular weight excluding hydrogens is 554 g/mol. The SMILES string of the molecule is CC[C@H](C)[C@H](NC(=O)CN)C(=O)N[C@@H](CC(C)C)C(=O)N1CCC[C@H]1C(=O)NCC(=O)N[C@@H](CO)C(=O)NCC(=O)O. The molecule has 0 bridgehead atoms. The van der Waals surface area contributed by atoms with E-state index in [-0.39, 0.29) is 31.3 Å². The van der Waals surface area contributed by atoms with Crippen LogP contribution < -0.4 is 32.3 Å². The molecule has 1 fully saturated rings. The Morgan fingerprint density at radius 2 is 1.57 bits per heavy atom. The minimum absolute atomic E-state index is 0.00526. The molecule has 0 spiro atoms. The number of rotatable bonds is 17. The Morgan fingerprint density at radius 3 is 2.12 bits per heavy atom. The Balaban J connectivity index is 2.90. The third-order valence-electron chi connectivity index (χ3n) is 6.83. The summed E-state index contributed by atoms with van der Waals surface area (Å²) in [5.41, 5.74) is 5.40. The van der Waals surface area contributed by atoms with Gasteiger partial charge in [-0.25, -0.2) is 0 Å². The average Bonchev–Trinajstić information content (AvgIpc) is 3.44. The van der Waals surface area contributed by atoms with E-state index in [0.29, 0.717) is 19.3 Å². The first-order valence-corrected chi connectivity index (χ1v) is 14.0. The summed E-state index contributed by atoms with van der Waals surface area (Å²) in [6.07, 6.45) is 1.69. The number of carbonyl (C=O) groups is 7. The molecule has 0 aromatic carbocycles. The van der Waals surface area contributed by atoms with E-state index >= 15 is 0 Å². The van der Waals surface area contributed by atoms with Crippen molar-refractivity contribution in [3.05, 3.63) is 0 Å². The molecule has 16 heteroatoms. The molecule has 0 aliphatic carbocycles. The zero-order chi connectivity index (χ0) is 32.0. The van der Waals surface area contributed by atoms with Crippen molar-refractivity contribution in [2.45, 2.75) is 77.5 Å². The summed E-state index contributed by atoms with van der Waals surface area (Å²) in [7, 11) is 0. The van der Waals surface area contributed by atoms with E-state index in [1.165, 1.54) is 4.90 Å². The molecule has 0 radical (unpaired) electrons. The highest BCUT2D eigenvalue weighted by Gasteiger charge is 2.39. The second-order valence-electron chi connectivity index (χ2n) is 10.6. The van der Waals surface area contributed by atoms with Gasteiger partial charge in [-0.05, 0) is 31.1 Å². The van der Waals surface area contributed by atoms with Crippen molar-refractivity contribution in [2.75, 3.05) is 32.8 Å². The molecule has 1 saturated heterocycles. The lowest BCUT2D eigenvalue weighted by molar-refractivity contribution is -0.142. The van der Waals surface area contributed by atoms with Gasteiger partial charge in [0.15, 0.2) is 0 Å². The first kappa shape index (κ1) is 36.2. The predicted octanol–water partition coefficient (Wildman–Crippen LogP) is -3.21. The lowest BCUT2D eigenvalue weighted by Gasteiger charge is -2.31. The van der Waals surface area contributed by atoms with E-state index in [2.05, 4.69) is 21.3 Å². The maximum Gasteiger partial charge on any atom is 0.322 e. The minimum atomic E-state index is -1.42. The van der Waals surface area contributed by atoms with E-state index in [1.807, 2.05) is 26.1 Å². The third kappa shape index (κ3) is 11.6. The van der Waals surface area contributed by atoms with E-state index in [1.54, 1.807) is 6.92 Å². The number of aliphatic carboxylic acids is 1. The summed E-state index contributed by atoms with van der Waals surface area (Å²) in [5, 5.41) is 30.0. The zero-order valence-corrected chi connectivity index (χ0v) is 24.6. The number of nitrogens with zero attached hydrogens (tertiary/aromatic N) is 1. The molecule has 1 rings (SSSR count). The lowest BCUT2D eigenvalue weighted by Crippen LogP contribution is -2.58. The molecule has 16 nitrogen and oxygen atoms in total. The van der Waals surface area contributed by atoms with Gasteiger partial charge in [0, 0.05) is 6.54 Å². The third-order valence-corrected chi connectivity index (χ3v) is 6.83. The number of carboxylic acid groups (broad SMARTS) is 1. The molecule has 5 atom stereocenters. The molecule has 0 aromatic heterocycles. The first-order valence-electron chi connectivity index (χ1n) is 14.0. The summed E-state index contributed by atoms with van der Waals surface area (Å²) in [5.74, 6) is -5.39. The standard InChI is InChI=1S/C26H45N7O9/c1-5-15(4)22(32-19(35)10-27)25(41)31-16(9-14(2)3)26(42)33-8-6-7-18(33)24(40)28-11-20(36)30-17(13-34)23(39)29-12-21(37)38/h14-18,22,34H,5-13,27H2,1-4H3,(H,28,40)(H,29,39)(H,30,36)(H,31,41)(H,32,35)(H,37,38)/t15-,16-,17-,18-,22-/m0/s1. The van der Waals surface area contributed by atoms with Crippen LogP contribution in [0.2, 0.25) is 0 Å². The zero-order valence-electron chi connectivity index (χ0n) is 24.6. The van der Waals surface area contributed by atoms with Crippen molar-refractivity contribution < 1.29 is 43.8 Å². The van der Waals surface area contributed by atoms with Crippen molar-refractivity contribution in [2.24, 2.45) is 17.6 Å². The molecule has 0 unspecified atom stereocenters. The van der Waals surface area contributed by atoms with Gasteiger partial charge in [-0.3, -0.25) is 33.6 Å². The normalized spacial score (nSPS) is 17.4. The quantitative estimate of drug-likeness (QED) is 0.0831. The van der Waals surface area contributed by atoms with Crippen LogP contribution in [-0.4, -0.2) is 113 Å². The largest absolute Gasteiger partial charge is 0.480 e. The number of nitrogens with two attached hydrogens (primary N) is 1. The Bertz CT molecular complexity index is 991. The molecule has 9 N–H and O–H groups in total. The fraction of sp³-hybridized carbons (Fsp3) is 0.731. The summed E-state index contributed by atoms with van der Waals surface area (Å²) in [6, 6.07) is -4.21. The molecule has 1 aliphatic rings. The van der Waals surface area contributed by atoms with Crippen LogP contribution in [0.5, 0.6) is 0 Å². The maximum absolute atomic E-state index is 13.6. The Kier molecular flexibility index (Phi) is 15.4. The van der Waals surface area contributed by atoms with E-state index in [4.69, 9.17) is 10.8 Å². The van der Waals surface area contributed by atoms with Gasteiger partial charge in [0.05, 0.1) is 19.7 Å². The number of amides is 6. The number of aliphatic hydroxyl groups is 1. The van der Waals surface area contributed by atoms with Crippen LogP contribution in [0.1, 0.15) is 53.4 Å². The van der Waals surface area contributed by atoms with Gasteiger partial charge in [-0.15, -0.1) is 0 Å². The Hall–Kier alpha value is -3.79. The van der Waals surface area contributed by atoms with Gasteiger partial charge >= 0.3 is 5.97 Å². The van der Waals surface area contributed by atoms with Crippen LogP contribution in [0.3, 0.4) is 0 Å². The highest BCUT2D eigenvalue weighted by atomic mass is 16.4. The molecule has 42 heavy (non-hydrogen) atoms. The van der Waals surface area contributed by atoms with Crippen molar-refractivity contribution in [1.82, 2.24) is 31.5 Å². The average molecular weight is 600 g/mol. The van der Waals surface area contributed by atoms with Crippen LogP contribution in [0.15, 0.2) is 0 Å². The smallest absolute Gasteiger partial charge is 0.322 e. The van der Waals surface area contributed by atoms with E-state index < -0.39 is 85.3 Å². The van der Waals surface area contributed by atoms with Gasteiger partial charge in [-0.1, -0.05) is 34.1 Å². The van der Waals surface area contributed by atoms with E-state index in [9.17, 15) is 38.7 Å². The predicted molar refractivity (Wildman–Crippen MR) is 149 cm³/mol. The highest BCUT2D eigenvalue weighted by molar-refractivity contribution is 5.96. The van der Waals surface area contributed by atoms with Crippen molar-refractivity contribution in [3.63, 3.8) is 0 Å². The monoisotopic (exact) mass is 599 g/mol. The molecule has 0 aromatic rings. The number of aliphatic hydroxyl groups excluding tert-OH is 1. The van der Waals surface area contributed by atoms with Crippen LogP contribution in [0.4, 0.5) is 0 Å². The number of carboxylic acids is 1. The molecule has 6 amide bonds. The Morgan fingerprint density at radius 1 is 0.905 bits per heavy atom. The maximum atomic E-state index is 13.6. The highest BCUT2D eigenvalue weighted by Crippen LogP contribution is 2.21. The number of nitrogens with one attached hydrogen (secondary N) is 5. The second-order valence-corrected chi connectivity index (χ2v) is 10.6. The van der Waals surface area contributed by atoms with Crippen molar-refractivity contribution >= 4 is 41.4 Å². The lowest BCUT2D eigenvalue weighted by atomic mass is 9.96. The van der Waals surface area contributed by atoms with Crippen LogP contribution in [-0.2, 0) is 33.6 Å². The van der Waals surface area contributed by atoms with Crippen molar-refractivity contribution in [1.29, 1.82) is 0 Å². The Labute approximate surface area is 244 Å². The van der Waals surface area contributed by atoms with Crippen LogP contribution in [0.25, 0.3) is 0 Å². The summed E-state index contributed by atoms with van der Waals surface area (Å²) in [6.45, 7) is 5.30. The molecule has 238 valence electrons. The summed E-state index contributed by atoms with van der Waals surface area (Å²) in [4.78, 5) is 87.9. The molecule has 1 aliphatic heterocycles. The molecule has 0 saturated carbocycles. The van der Waals surface area contributed by atoms with Gasteiger partial charge in [0.25, 0.3) is 0 Å². The van der Waals surface area contributed by atoms with Gasteiger partial charge < -0.3 is 47.4 Å². The number of likely N-dealkylation sites (tertiary alicyclic amines) is 1. The van der Waals surface area contributed by atoms with Gasteiger partial charge in [-0.2, -0.15) is 0 Å². The van der Waals surface area contributed by atoms with Crippen molar-refractivity contribution in [3.8, 4) is 0 Å². The fourth-order valence-electron chi connectivity index (χ4n) is 4.40. The van der Waals surface area contributed by atoms with Crippen LogP contribution in [0, 0.1) is 11.8 Å². The molecule has 1 heterocycles. The topological polar surface area (TPSA) is 249 Å². The number of hydrogen-bond donors (Lipinski definition) is 8. The fourth-order valence-corrected chi connectivity index (χ4v) is 4.40. The molecular formula is C26H45N7O9. The first-order chi connectivity index (χ1) is 19.7. The van der Waals surface area contributed by atoms with E-state index in [0.717, 1.165) is 0 Å². The van der Waals surface area contributed by atoms with Gasteiger partial charge in [0.1, 0.15) is 30.7 Å². The van der Waals surface area contributed by atoms with Crippen LogP contribution >= 0.6 is 0 Å².